The van der Waals surface area contributed by atoms with Crippen LogP contribution in [0.5, 0.6) is 11.6 Å². The van der Waals surface area contributed by atoms with Crippen molar-refractivity contribution >= 4 is 5.91 Å². The number of methoxy groups -OCH3 is 1. The molecule has 1 heterocycles. The van der Waals surface area contributed by atoms with Crippen LogP contribution in [0.15, 0.2) is 36.5 Å². The minimum atomic E-state index is -0.797. The summed E-state index contributed by atoms with van der Waals surface area (Å²) in [6.07, 6.45) is 1.52. The minimum absolute atomic E-state index is 0.0755. The molecule has 1 aromatic heterocycles. The molecule has 0 aliphatic carbocycles. The Morgan fingerprint density at radius 1 is 1.29 bits per heavy atom. The summed E-state index contributed by atoms with van der Waals surface area (Å²) in [4.78, 5) is 15.9. The first-order valence-electron chi connectivity index (χ1n) is 6.92. The number of benzene rings is 1. The van der Waals surface area contributed by atoms with Crippen LogP contribution in [0.1, 0.15) is 10.4 Å². The van der Waals surface area contributed by atoms with Crippen LogP contribution in [0.3, 0.4) is 0 Å². The summed E-state index contributed by atoms with van der Waals surface area (Å²) >= 11 is 0. The molecule has 2 rings (SSSR count). The summed E-state index contributed by atoms with van der Waals surface area (Å²) < 4.78 is 36.1. The van der Waals surface area contributed by atoms with Crippen LogP contribution in [0.2, 0.25) is 0 Å². The average molecular weight is 332 g/mol. The summed E-state index contributed by atoms with van der Waals surface area (Å²) in [5, 5.41) is 2.58. The van der Waals surface area contributed by atoms with Crippen LogP contribution >= 0.6 is 0 Å². The highest BCUT2D eigenvalue weighted by Crippen LogP contribution is 2.17. The molecule has 24 heavy (non-hydrogen) atoms. The van der Waals surface area contributed by atoms with Crippen molar-refractivity contribution in [3.8, 4) is 23.5 Å². The number of nitrogens with one attached hydrogen (secondary N) is 1. The fourth-order valence-electron chi connectivity index (χ4n) is 1.77. The van der Waals surface area contributed by atoms with Gasteiger partial charge in [-0.25, -0.2) is 13.8 Å². The number of hydrogen-bond donors (Lipinski definition) is 1. The van der Waals surface area contributed by atoms with Crippen LogP contribution in [0.25, 0.3) is 0 Å². The van der Waals surface area contributed by atoms with Gasteiger partial charge in [0.25, 0.3) is 5.91 Å². The fraction of sp³-hybridized carbons (Fsp3) is 0.176. The zero-order chi connectivity index (χ0) is 17.4. The Balaban J connectivity index is 1.80. The van der Waals surface area contributed by atoms with Gasteiger partial charge in [0.1, 0.15) is 18.0 Å². The van der Waals surface area contributed by atoms with E-state index in [4.69, 9.17) is 9.47 Å². The van der Waals surface area contributed by atoms with E-state index in [-0.39, 0.29) is 30.7 Å². The van der Waals surface area contributed by atoms with Gasteiger partial charge in [-0.15, -0.1) is 0 Å². The highest BCUT2D eigenvalue weighted by molar-refractivity contribution is 5.96. The lowest BCUT2D eigenvalue weighted by atomic mass is 10.2. The van der Waals surface area contributed by atoms with Gasteiger partial charge < -0.3 is 14.8 Å². The number of carbonyl (C=O) groups excluding carboxylic acids is 1. The van der Waals surface area contributed by atoms with E-state index >= 15 is 0 Å². The van der Waals surface area contributed by atoms with Crippen LogP contribution in [0, 0.1) is 23.5 Å². The number of halogens is 2. The van der Waals surface area contributed by atoms with Crippen molar-refractivity contribution in [3.63, 3.8) is 0 Å². The van der Waals surface area contributed by atoms with Gasteiger partial charge in [-0.1, -0.05) is 11.8 Å². The largest absolute Gasteiger partial charge is 0.480 e. The summed E-state index contributed by atoms with van der Waals surface area (Å²) in [6, 6.07) is 6.20. The molecular weight excluding hydrogens is 318 g/mol. The third-order valence-electron chi connectivity index (χ3n) is 2.87. The van der Waals surface area contributed by atoms with Crippen LogP contribution in [0.4, 0.5) is 8.78 Å². The molecule has 0 aliphatic rings. The molecule has 0 radical (unpaired) electrons. The quantitative estimate of drug-likeness (QED) is 0.853. The van der Waals surface area contributed by atoms with Crippen molar-refractivity contribution in [1.29, 1.82) is 0 Å². The monoisotopic (exact) mass is 332 g/mol. The third kappa shape index (κ3) is 4.68. The van der Waals surface area contributed by atoms with Gasteiger partial charge in [0.05, 0.1) is 13.7 Å². The maximum absolute atomic E-state index is 13.3. The maximum Gasteiger partial charge on any atom is 0.257 e. The van der Waals surface area contributed by atoms with Gasteiger partial charge in [-0.05, 0) is 24.3 Å². The van der Waals surface area contributed by atoms with Crippen molar-refractivity contribution in [2.75, 3.05) is 20.3 Å². The van der Waals surface area contributed by atoms with E-state index in [0.29, 0.717) is 5.56 Å². The Hall–Kier alpha value is -3.14. The molecule has 0 saturated carbocycles. The highest BCUT2D eigenvalue weighted by Gasteiger charge is 2.11. The molecule has 0 spiro atoms. The summed E-state index contributed by atoms with van der Waals surface area (Å²) in [6.45, 7) is -0.0131. The molecular formula is C17H14F2N2O3. The zero-order valence-electron chi connectivity index (χ0n) is 12.8. The van der Waals surface area contributed by atoms with Gasteiger partial charge >= 0.3 is 0 Å². The van der Waals surface area contributed by atoms with Crippen LogP contribution in [-0.4, -0.2) is 31.2 Å². The number of ether oxygens (including phenoxy) is 2. The Morgan fingerprint density at radius 3 is 2.88 bits per heavy atom. The smallest absolute Gasteiger partial charge is 0.257 e. The molecule has 2 aromatic rings. The lowest BCUT2D eigenvalue weighted by molar-refractivity contribution is 0.0955. The molecule has 1 amide bonds. The molecule has 1 aromatic carbocycles. The van der Waals surface area contributed by atoms with E-state index in [1.165, 1.54) is 19.4 Å². The Labute approximate surface area is 137 Å². The number of amides is 1. The molecule has 0 saturated heterocycles. The Bertz CT molecular complexity index is 785. The van der Waals surface area contributed by atoms with E-state index in [2.05, 4.69) is 22.1 Å². The van der Waals surface area contributed by atoms with Crippen molar-refractivity contribution in [2.45, 2.75) is 0 Å². The second-order valence-electron chi connectivity index (χ2n) is 4.46. The predicted octanol–water partition coefficient (Wildman–Crippen LogP) is 2.18. The number of pyridine rings is 1. The van der Waals surface area contributed by atoms with Gasteiger partial charge in [0.2, 0.25) is 5.88 Å². The number of nitrogens with zero attached hydrogens (tertiary/aromatic N) is 1. The third-order valence-corrected chi connectivity index (χ3v) is 2.87. The first kappa shape index (κ1) is 17.2. The van der Waals surface area contributed by atoms with Crippen LogP contribution < -0.4 is 14.8 Å². The fourth-order valence-corrected chi connectivity index (χ4v) is 1.77. The predicted molar refractivity (Wildman–Crippen MR) is 82.8 cm³/mol. The molecule has 0 bridgehead atoms. The Morgan fingerprint density at radius 2 is 2.12 bits per heavy atom. The van der Waals surface area contributed by atoms with E-state index in [9.17, 15) is 13.6 Å². The zero-order valence-corrected chi connectivity index (χ0v) is 12.8. The number of aromatic nitrogens is 1. The van der Waals surface area contributed by atoms with Crippen molar-refractivity contribution < 1.29 is 23.0 Å². The molecule has 0 aliphatic heterocycles. The van der Waals surface area contributed by atoms with E-state index in [0.717, 1.165) is 12.1 Å². The maximum atomic E-state index is 13.3. The van der Waals surface area contributed by atoms with Gasteiger partial charge in [0.15, 0.2) is 11.6 Å². The van der Waals surface area contributed by atoms with Crippen LogP contribution in [-0.2, 0) is 0 Å². The average Bonchev–Trinajstić information content (AvgIpc) is 2.59. The van der Waals surface area contributed by atoms with Gasteiger partial charge in [-0.2, -0.15) is 0 Å². The van der Waals surface area contributed by atoms with E-state index in [1.54, 1.807) is 12.1 Å². The lowest BCUT2D eigenvalue weighted by Crippen LogP contribution is -2.24. The Kier molecular flexibility index (Phi) is 6.08. The molecule has 1 N–H and O–H groups in total. The van der Waals surface area contributed by atoms with Gasteiger partial charge in [-0.3, -0.25) is 4.79 Å². The van der Waals surface area contributed by atoms with Crippen molar-refractivity contribution in [1.82, 2.24) is 10.3 Å². The topological polar surface area (TPSA) is 60.5 Å². The molecule has 0 atom stereocenters. The summed E-state index contributed by atoms with van der Waals surface area (Å²) in [5.74, 6) is 3.56. The van der Waals surface area contributed by atoms with E-state index < -0.39 is 11.6 Å². The first-order valence-corrected chi connectivity index (χ1v) is 6.92. The second-order valence-corrected chi connectivity index (χ2v) is 4.46. The lowest BCUT2D eigenvalue weighted by Gasteiger charge is -2.05. The summed E-state index contributed by atoms with van der Waals surface area (Å²) in [7, 11) is 1.42. The molecule has 5 nitrogen and oxygen atoms in total. The molecule has 0 unspecified atom stereocenters. The van der Waals surface area contributed by atoms with Crippen molar-refractivity contribution in [3.05, 3.63) is 53.7 Å². The normalized spacial score (nSPS) is 9.62. The number of rotatable bonds is 5. The molecule has 7 heteroatoms. The number of carbonyl (C=O) groups is 1. The number of hydrogen-bond acceptors (Lipinski definition) is 4. The summed E-state index contributed by atoms with van der Waals surface area (Å²) in [5.41, 5.74) is 0.298. The standard InChI is InChI=1S/C17H14F2N2O3/c1-23-17-13(5-4-9-21-17)16(22)20-8-2-3-10-24-15-7-6-12(18)11-14(15)19/h4-7,9,11H,8,10H2,1H3,(H,20,22). The SMILES string of the molecule is COc1ncccc1C(=O)NCC#CCOc1ccc(F)cc1F. The minimum Gasteiger partial charge on any atom is -0.480 e. The van der Waals surface area contributed by atoms with Crippen molar-refractivity contribution in [2.24, 2.45) is 0 Å². The molecule has 124 valence electrons. The molecule has 0 fully saturated rings. The first-order chi connectivity index (χ1) is 11.6. The van der Waals surface area contributed by atoms with Gasteiger partial charge in [0, 0.05) is 12.3 Å². The van der Waals surface area contributed by atoms with E-state index in [1.807, 2.05) is 0 Å². The second kappa shape index (κ2) is 8.48. The highest BCUT2D eigenvalue weighted by atomic mass is 19.1.